The van der Waals surface area contributed by atoms with Gasteiger partial charge in [-0.25, -0.2) is 0 Å². The molecule has 0 heterocycles. The van der Waals surface area contributed by atoms with Gasteiger partial charge in [0.2, 0.25) is 0 Å². The van der Waals surface area contributed by atoms with E-state index in [4.69, 9.17) is 18.4 Å². The lowest BCUT2D eigenvalue weighted by molar-refractivity contribution is -0.890. The highest BCUT2D eigenvalue weighted by Gasteiger charge is 2.37. The number of nitrogens with zero attached hydrogens (tertiary/aromatic N) is 1. The summed E-state index contributed by atoms with van der Waals surface area (Å²) in [5.74, 6) is 0. The number of aliphatic hydroxyl groups is 1. The first-order valence-electron chi connectivity index (χ1n) is 6.03. The molecule has 0 spiro atoms. The fourth-order valence-corrected chi connectivity index (χ4v) is 3.59. The Hall–Kier alpha value is 0.307. The molecule has 0 bridgehead atoms. The van der Waals surface area contributed by atoms with Crippen LogP contribution in [0, 0.1) is 0 Å². The molecule has 0 aromatic heterocycles. The van der Waals surface area contributed by atoms with Crippen molar-refractivity contribution in [2.45, 2.75) is 18.9 Å². The second kappa shape index (κ2) is 10.1. The van der Waals surface area contributed by atoms with Gasteiger partial charge >= 0.3 is 8.80 Å². The molecule has 0 aromatic rings. The lowest BCUT2D eigenvalue weighted by Gasteiger charge is -2.31. The molecule has 7 heteroatoms. The zero-order chi connectivity index (χ0) is 13.4. The average molecular weight is 302 g/mol. The van der Waals surface area contributed by atoms with Gasteiger partial charge in [0.25, 0.3) is 0 Å². The molecule has 0 saturated carbocycles. The lowest BCUT2D eigenvalue weighted by Crippen LogP contribution is -3.00. The number of hydrogen-bond donors (Lipinski definition) is 1. The van der Waals surface area contributed by atoms with Crippen LogP contribution in [0.5, 0.6) is 0 Å². The third-order valence-corrected chi connectivity index (χ3v) is 5.93. The van der Waals surface area contributed by atoms with Crippen LogP contribution in [0.15, 0.2) is 0 Å². The van der Waals surface area contributed by atoms with Crippen LogP contribution >= 0.6 is 0 Å². The van der Waals surface area contributed by atoms with E-state index in [2.05, 4.69) is 14.1 Å². The Morgan fingerprint density at radius 2 is 1.39 bits per heavy atom. The summed E-state index contributed by atoms with van der Waals surface area (Å²) in [6, 6.07) is 0.831. The Kier molecular flexibility index (Phi) is 11.6. The maximum atomic E-state index is 8.84. The summed E-state index contributed by atoms with van der Waals surface area (Å²) in [7, 11) is 6.87. The maximum Gasteiger partial charge on any atom is 0.500 e. The number of rotatable bonds is 10. The molecule has 0 aromatic carbocycles. The summed E-state index contributed by atoms with van der Waals surface area (Å²) in [5.41, 5.74) is 0. The normalized spacial score (nSPS) is 12.3. The van der Waals surface area contributed by atoms with E-state index in [1.165, 1.54) is 0 Å². The van der Waals surface area contributed by atoms with Crippen LogP contribution < -0.4 is 12.4 Å². The highest BCUT2D eigenvalue weighted by molar-refractivity contribution is 6.60. The van der Waals surface area contributed by atoms with Crippen molar-refractivity contribution in [3.8, 4) is 0 Å². The number of hydrogen-bond acceptors (Lipinski definition) is 4. The van der Waals surface area contributed by atoms with Crippen molar-refractivity contribution in [1.82, 2.24) is 0 Å². The molecule has 0 saturated heterocycles. The molecular formula is C11H28ClNO4Si. The van der Waals surface area contributed by atoms with E-state index in [-0.39, 0.29) is 19.0 Å². The molecule has 0 aliphatic heterocycles. The third kappa shape index (κ3) is 7.68. The molecular weight excluding hydrogens is 274 g/mol. The molecule has 0 aliphatic rings. The van der Waals surface area contributed by atoms with E-state index in [0.717, 1.165) is 36.5 Å². The van der Waals surface area contributed by atoms with Crippen molar-refractivity contribution in [2.75, 3.05) is 55.1 Å². The number of quaternary nitrogens is 1. The first-order chi connectivity index (χ1) is 7.95. The van der Waals surface area contributed by atoms with E-state index in [1.54, 1.807) is 21.3 Å². The molecule has 0 rings (SSSR count). The van der Waals surface area contributed by atoms with E-state index in [9.17, 15) is 0 Å². The van der Waals surface area contributed by atoms with Crippen LogP contribution in [-0.4, -0.2) is 73.5 Å². The van der Waals surface area contributed by atoms with Crippen molar-refractivity contribution in [3.63, 3.8) is 0 Å². The monoisotopic (exact) mass is 301 g/mol. The summed E-state index contributed by atoms with van der Waals surface area (Å²) in [5, 5.41) is 8.84. The molecule has 112 valence electrons. The summed E-state index contributed by atoms with van der Waals surface area (Å²) >= 11 is 0. The maximum absolute atomic E-state index is 8.84. The minimum absolute atomic E-state index is 0. The summed E-state index contributed by atoms with van der Waals surface area (Å²) in [6.07, 6.45) is 1.84. The number of aliphatic hydroxyl groups excluding tert-OH is 1. The second-order valence-electron chi connectivity index (χ2n) is 4.86. The van der Waals surface area contributed by atoms with Crippen LogP contribution in [0.25, 0.3) is 0 Å². The third-order valence-electron chi connectivity index (χ3n) is 3.10. The quantitative estimate of drug-likeness (QED) is 0.365. The fraction of sp³-hybridized carbons (Fsp3) is 1.00. The lowest BCUT2D eigenvalue weighted by atomic mass is 10.3. The van der Waals surface area contributed by atoms with Gasteiger partial charge < -0.3 is 35.3 Å². The standard InChI is InChI=1S/C11H28NO4Si.ClH/c1-12(2,8-6-10-13)9-7-11-17(14-3,15-4)16-5;/h13H,6-11H2,1-5H3;1H/q+1;/p-1. The minimum atomic E-state index is -2.41. The highest BCUT2D eigenvalue weighted by atomic mass is 35.5. The molecule has 18 heavy (non-hydrogen) atoms. The van der Waals surface area contributed by atoms with Gasteiger partial charge in [0.15, 0.2) is 0 Å². The zero-order valence-electron chi connectivity index (χ0n) is 12.2. The Labute approximate surface area is 118 Å². The topological polar surface area (TPSA) is 47.9 Å². The molecule has 1 N–H and O–H groups in total. The van der Waals surface area contributed by atoms with Crippen molar-refractivity contribution < 1.29 is 35.3 Å². The molecule has 0 amide bonds. The first-order valence-corrected chi connectivity index (χ1v) is 7.97. The van der Waals surface area contributed by atoms with E-state index in [1.807, 2.05) is 0 Å². The Morgan fingerprint density at radius 1 is 0.944 bits per heavy atom. The summed E-state index contributed by atoms with van der Waals surface area (Å²) < 4.78 is 17.0. The van der Waals surface area contributed by atoms with Gasteiger partial charge in [0.05, 0.1) is 27.2 Å². The van der Waals surface area contributed by atoms with Gasteiger partial charge in [-0.05, 0) is 0 Å². The van der Waals surface area contributed by atoms with Gasteiger partial charge in [-0.1, -0.05) is 0 Å². The Bertz CT molecular complexity index is 195. The van der Waals surface area contributed by atoms with Crippen molar-refractivity contribution in [2.24, 2.45) is 0 Å². The molecule has 0 atom stereocenters. The highest BCUT2D eigenvalue weighted by Crippen LogP contribution is 2.16. The molecule has 5 nitrogen and oxygen atoms in total. The van der Waals surface area contributed by atoms with Crippen LogP contribution in [0.1, 0.15) is 12.8 Å². The summed E-state index contributed by atoms with van der Waals surface area (Å²) in [4.78, 5) is 0. The SMILES string of the molecule is CO[Si](CCC[N+](C)(C)CCCO)(OC)OC.[Cl-]. The smallest absolute Gasteiger partial charge is 0.500 e. The van der Waals surface area contributed by atoms with Crippen LogP contribution in [-0.2, 0) is 13.3 Å². The van der Waals surface area contributed by atoms with Crippen LogP contribution in [0.2, 0.25) is 6.04 Å². The largest absolute Gasteiger partial charge is 1.00 e. The van der Waals surface area contributed by atoms with Gasteiger partial charge in [-0.2, -0.15) is 0 Å². The van der Waals surface area contributed by atoms with Crippen molar-refractivity contribution in [3.05, 3.63) is 0 Å². The van der Waals surface area contributed by atoms with Gasteiger partial charge in [-0.3, -0.25) is 0 Å². The van der Waals surface area contributed by atoms with Gasteiger partial charge in [0, 0.05) is 46.8 Å². The van der Waals surface area contributed by atoms with Crippen LogP contribution in [0.4, 0.5) is 0 Å². The van der Waals surface area contributed by atoms with E-state index < -0.39 is 8.80 Å². The molecule has 0 unspecified atom stereocenters. The molecule has 0 fully saturated rings. The Balaban J connectivity index is 0. The second-order valence-corrected chi connectivity index (χ2v) is 7.95. The van der Waals surface area contributed by atoms with Crippen molar-refractivity contribution in [1.29, 1.82) is 0 Å². The van der Waals surface area contributed by atoms with E-state index in [0.29, 0.717) is 0 Å². The predicted molar refractivity (Wildman–Crippen MR) is 69.8 cm³/mol. The average Bonchev–Trinajstić information content (AvgIpc) is 2.33. The molecule has 0 aliphatic carbocycles. The predicted octanol–water partition coefficient (Wildman–Crippen LogP) is -2.28. The van der Waals surface area contributed by atoms with Crippen molar-refractivity contribution >= 4 is 8.80 Å². The fourth-order valence-electron chi connectivity index (χ4n) is 1.89. The van der Waals surface area contributed by atoms with E-state index >= 15 is 0 Å². The van der Waals surface area contributed by atoms with Crippen LogP contribution in [0.3, 0.4) is 0 Å². The number of halogens is 1. The minimum Gasteiger partial charge on any atom is -1.00 e. The zero-order valence-corrected chi connectivity index (χ0v) is 14.0. The van der Waals surface area contributed by atoms with Gasteiger partial charge in [-0.15, -0.1) is 0 Å². The first kappa shape index (κ1) is 20.6. The van der Waals surface area contributed by atoms with Gasteiger partial charge in [0.1, 0.15) is 0 Å². The summed E-state index contributed by atoms with van der Waals surface area (Å²) in [6.45, 7) is 2.28. The Morgan fingerprint density at radius 3 is 1.78 bits per heavy atom. The molecule has 0 radical (unpaired) electrons.